The zero-order valence-corrected chi connectivity index (χ0v) is 6.23. The SMILES string of the molecule is CCCCCCCC=O.[LiH]. The van der Waals surface area contributed by atoms with Gasteiger partial charge in [-0.2, -0.15) is 0 Å². The summed E-state index contributed by atoms with van der Waals surface area (Å²) < 4.78 is 0. The number of aldehydes is 1. The zero-order chi connectivity index (χ0) is 6.95. The third-order valence-corrected chi connectivity index (χ3v) is 1.43. The first-order chi connectivity index (χ1) is 4.41. The molecule has 0 heterocycles. The molecule has 10 heavy (non-hydrogen) atoms. The molecule has 0 bridgehead atoms. The maximum absolute atomic E-state index is 9.84. The Hall–Kier alpha value is 0.267. The average molecular weight is 136 g/mol. The van der Waals surface area contributed by atoms with Crippen LogP contribution in [-0.4, -0.2) is 25.1 Å². The molecule has 0 aliphatic heterocycles. The normalized spacial score (nSPS) is 8.50. The molecule has 0 fully saturated rings. The molecule has 0 N–H and O–H groups in total. The third-order valence-electron chi connectivity index (χ3n) is 1.43. The van der Waals surface area contributed by atoms with Crippen LogP contribution < -0.4 is 0 Å². The molecule has 0 aliphatic rings. The quantitative estimate of drug-likeness (QED) is 0.309. The van der Waals surface area contributed by atoms with Gasteiger partial charge in [0.2, 0.25) is 0 Å². The van der Waals surface area contributed by atoms with E-state index in [0.717, 1.165) is 19.1 Å². The number of hydrogen-bond donors (Lipinski definition) is 0. The Kier molecular flexibility index (Phi) is 15.5. The molecule has 56 valence electrons. The number of carbonyl (C=O) groups is 1. The zero-order valence-electron chi connectivity index (χ0n) is 6.23. The van der Waals surface area contributed by atoms with Gasteiger partial charge in [0.25, 0.3) is 0 Å². The van der Waals surface area contributed by atoms with Gasteiger partial charge in [0.1, 0.15) is 6.29 Å². The second-order valence-electron chi connectivity index (χ2n) is 2.37. The first-order valence-corrected chi connectivity index (χ1v) is 3.85. The van der Waals surface area contributed by atoms with Crippen molar-refractivity contribution >= 4 is 25.1 Å². The van der Waals surface area contributed by atoms with Crippen molar-refractivity contribution in [2.45, 2.75) is 45.4 Å². The summed E-state index contributed by atoms with van der Waals surface area (Å²) in [5, 5.41) is 0. The van der Waals surface area contributed by atoms with Crippen LogP contribution in [0.25, 0.3) is 0 Å². The third kappa shape index (κ3) is 11.1. The molecular weight excluding hydrogens is 119 g/mol. The molecule has 0 saturated carbocycles. The van der Waals surface area contributed by atoms with Crippen LogP contribution in [0.2, 0.25) is 0 Å². The summed E-state index contributed by atoms with van der Waals surface area (Å²) in [6, 6.07) is 0. The molecule has 0 spiro atoms. The Morgan fingerprint density at radius 1 is 1.10 bits per heavy atom. The fourth-order valence-corrected chi connectivity index (χ4v) is 0.831. The first kappa shape index (κ1) is 12.9. The van der Waals surface area contributed by atoms with E-state index in [9.17, 15) is 4.79 Å². The molecule has 0 aromatic carbocycles. The Morgan fingerprint density at radius 2 is 1.70 bits per heavy atom. The van der Waals surface area contributed by atoms with Gasteiger partial charge in [-0.1, -0.05) is 32.6 Å². The van der Waals surface area contributed by atoms with Gasteiger partial charge in [-0.05, 0) is 6.42 Å². The summed E-state index contributed by atoms with van der Waals surface area (Å²) in [6.07, 6.45) is 7.97. The molecule has 0 unspecified atom stereocenters. The number of carbonyl (C=O) groups excluding carboxylic acids is 1. The van der Waals surface area contributed by atoms with E-state index in [0.29, 0.717) is 0 Å². The maximum atomic E-state index is 9.84. The van der Waals surface area contributed by atoms with Crippen molar-refractivity contribution in [2.24, 2.45) is 0 Å². The Balaban J connectivity index is 0. The molecule has 0 rings (SSSR count). The van der Waals surface area contributed by atoms with Crippen molar-refractivity contribution in [1.29, 1.82) is 0 Å². The van der Waals surface area contributed by atoms with Crippen molar-refractivity contribution in [3.05, 3.63) is 0 Å². The van der Waals surface area contributed by atoms with E-state index in [1.165, 1.54) is 25.7 Å². The minimum atomic E-state index is 0. The average Bonchev–Trinajstić information content (AvgIpc) is 1.89. The van der Waals surface area contributed by atoms with Crippen LogP contribution in [-0.2, 0) is 4.79 Å². The van der Waals surface area contributed by atoms with Gasteiger partial charge in [0, 0.05) is 6.42 Å². The van der Waals surface area contributed by atoms with Crippen molar-refractivity contribution in [3.63, 3.8) is 0 Å². The molecule has 0 atom stereocenters. The van der Waals surface area contributed by atoms with Crippen LogP contribution in [0.4, 0.5) is 0 Å². The van der Waals surface area contributed by atoms with Crippen molar-refractivity contribution in [3.8, 4) is 0 Å². The molecule has 0 radical (unpaired) electrons. The van der Waals surface area contributed by atoms with Crippen molar-refractivity contribution in [1.82, 2.24) is 0 Å². The summed E-state index contributed by atoms with van der Waals surface area (Å²) in [5.74, 6) is 0. The van der Waals surface area contributed by atoms with Gasteiger partial charge in [-0.25, -0.2) is 0 Å². The van der Waals surface area contributed by atoms with E-state index in [4.69, 9.17) is 0 Å². The molecule has 0 saturated heterocycles. The predicted molar refractivity (Wildman–Crippen MR) is 46.6 cm³/mol. The molecule has 0 aliphatic carbocycles. The summed E-state index contributed by atoms with van der Waals surface area (Å²) in [4.78, 5) is 9.84. The summed E-state index contributed by atoms with van der Waals surface area (Å²) in [7, 11) is 0. The van der Waals surface area contributed by atoms with Gasteiger partial charge < -0.3 is 4.79 Å². The van der Waals surface area contributed by atoms with Crippen LogP contribution in [0.15, 0.2) is 0 Å². The molecule has 0 aromatic heterocycles. The van der Waals surface area contributed by atoms with E-state index >= 15 is 0 Å². The van der Waals surface area contributed by atoms with Crippen LogP contribution in [0.3, 0.4) is 0 Å². The van der Waals surface area contributed by atoms with Crippen LogP contribution in [0.5, 0.6) is 0 Å². The number of rotatable bonds is 6. The summed E-state index contributed by atoms with van der Waals surface area (Å²) in [5.41, 5.74) is 0. The van der Waals surface area contributed by atoms with E-state index in [2.05, 4.69) is 6.92 Å². The van der Waals surface area contributed by atoms with Gasteiger partial charge >= 0.3 is 18.9 Å². The number of unbranched alkanes of at least 4 members (excludes halogenated alkanes) is 5. The van der Waals surface area contributed by atoms with Crippen LogP contribution in [0.1, 0.15) is 45.4 Å². The second kappa shape index (κ2) is 12.0. The summed E-state index contributed by atoms with van der Waals surface area (Å²) >= 11 is 0. The van der Waals surface area contributed by atoms with Crippen LogP contribution >= 0.6 is 0 Å². The number of hydrogen-bond acceptors (Lipinski definition) is 1. The van der Waals surface area contributed by atoms with Gasteiger partial charge in [0.05, 0.1) is 0 Å². The van der Waals surface area contributed by atoms with E-state index < -0.39 is 0 Å². The Labute approximate surface area is 75.8 Å². The van der Waals surface area contributed by atoms with Crippen molar-refractivity contribution in [2.75, 3.05) is 0 Å². The Bertz CT molecular complexity index is 64.3. The predicted octanol–water partition coefficient (Wildman–Crippen LogP) is 1.90. The van der Waals surface area contributed by atoms with E-state index in [1.54, 1.807) is 0 Å². The topological polar surface area (TPSA) is 17.1 Å². The van der Waals surface area contributed by atoms with E-state index in [1.807, 2.05) is 0 Å². The standard InChI is InChI=1S/C8H16O.Li.H/c1-2-3-4-5-6-7-8-9;;/h8H,2-7H2,1H3;;. The minimum absolute atomic E-state index is 0. The fourth-order valence-electron chi connectivity index (χ4n) is 0.831. The molecule has 2 heteroatoms. The van der Waals surface area contributed by atoms with Gasteiger partial charge in [0.15, 0.2) is 0 Å². The molecule has 0 amide bonds. The molecular formula is C8H17LiO. The monoisotopic (exact) mass is 136 g/mol. The Morgan fingerprint density at radius 3 is 2.20 bits per heavy atom. The van der Waals surface area contributed by atoms with Crippen molar-refractivity contribution < 1.29 is 4.79 Å². The molecule has 0 aromatic rings. The molecule has 1 nitrogen and oxygen atoms in total. The fraction of sp³-hybridized carbons (Fsp3) is 0.875. The summed E-state index contributed by atoms with van der Waals surface area (Å²) in [6.45, 7) is 2.19. The van der Waals surface area contributed by atoms with Gasteiger partial charge in [-0.3, -0.25) is 0 Å². The second-order valence-corrected chi connectivity index (χ2v) is 2.37. The van der Waals surface area contributed by atoms with Crippen LogP contribution in [0, 0.1) is 0 Å². The van der Waals surface area contributed by atoms with E-state index in [-0.39, 0.29) is 18.9 Å². The first-order valence-electron chi connectivity index (χ1n) is 3.85. The van der Waals surface area contributed by atoms with Gasteiger partial charge in [-0.15, -0.1) is 0 Å².